The van der Waals surface area contributed by atoms with Crippen LogP contribution in [0.5, 0.6) is 0 Å². The highest BCUT2D eigenvalue weighted by atomic mass is 16.3. The van der Waals surface area contributed by atoms with Crippen LogP contribution in [-0.4, -0.2) is 11.2 Å². The van der Waals surface area contributed by atoms with Gasteiger partial charge in [0.25, 0.3) is 0 Å². The molecule has 1 aromatic rings. The minimum atomic E-state index is -0.382. The van der Waals surface area contributed by atoms with Crippen molar-refractivity contribution in [3.05, 3.63) is 48.0 Å². The second kappa shape index (κ2) is 4.83. The number of hydrogen-bond acceptors (Lipinski definition) is 1. The Morgan fingerprint density at radius 2 is 1.85 bits per heavy atom. The molecule has 0 aliphatic rings. The first-order chi connectivity index (χ1) is 6.25. The third kappa shape index (κ3) is 2.71. The van der Waals surface area contributed by atoms with Crippen LogP contribution in [-0.2, 0) is 0 Å². The lowest BCUT2D eigenvalue weighted by Crippen LogP contribution is -2.12. The van der Waals surface area contributed by atoms with Gasteiger partial charge in [-0.25, -0.2) is 0 Å². The Kier molecular flexibility index (Phi) is 3.71. The Morgan fingerprint density at radius 1 is 1.23 bits per heavy atom. The van der Waals surface area contributed by atoms with Crippen LogP contribution in [0.1, 0.15) is 25.3 Å². The van der Waals surface area contributed by atoms with E-state index in [0.717, 1.165) is 0 Å². The van der Waals surface area contributed by atoms with Gasteiger partial charge in [-0.1, -0.05) is 49.4 Å². The zero-order chi connectivity index (χ0) is 9.68. The molecule has 13 heavy (non-hydrogen) atoms. The van der Waals surface area contributed by atoms with Crippen LogP contribution in [0.4, 0.5) is 0 Å². The highest BCUT2D eigenvalue weighted by molar-refractivity contribution is 5.21. The first-order valence-electron chi connectivity index (χ1n) is 4.61. The molecule has 1 heteroatoms. The molecule has 0 aromatic heterocycles. The van der Waals surface area contributed by atoms with Gasteiger partial charge in [0.15, 0.2) is 0 Å². The molecule has 1 rings (SSSR count). The molecule has 1 N–H and O–H groups in total. The molecule has 0 saturated carbocycles. The molecule has 0 saturated heterocycles. The summed E-state index contributed by atoms with van der Waals surface area (Å²) in [5.74, 6) is 0.164. The SMILES string of the molecule is C/C=C/C(O)C(C)c1ccccc1. The minimum Gasteiger partial charge on any atom is -0.388 e. The van der Waals surface area contributed by atoms with Gasteiger partial charge in [0.05, 0.1) is 6.10 Å². The predicted molar refractivity (Wildman–Crippen MR) is 55.7 cm³/mol. The molecule has 0 radical (unpaired) electrons. The average molecular weight is 176 g/mol. The zero-order valence-electron chi connectivity index (χ0n) is 8.14. The van der Waals surface area contributed by atoms with E-state index >= 15 is 0 Å². The van der Waals surface area contributed by atoms with Crippen molar-refractivity contribution in [2.24, 2.45) is 0 Å². The molecule has 0 heterocycles. The number of rotatable bonds is 3. The molecule has 0 fully saturated rings. The maximum atomic E-state index is 9.68. The summed E-state index contributed by atoms with van der Waals surface area (Å²) in [6, 6.07) is 10.1. The van der Waals surface area contributed by atoms with Gasteiger partial charge in [0.1, 0.15) is 0 Å². The van der Waals surface area contributed by atoms with Crippen LogP contribution in [0.2, 0.25) is 0 Å². The van der Waals surface area contributed by atoms with E-state index in [2.05, 4.69) is 0 Å². The second-order valence-corrected chi connectivity index (χ2v) is 3.22. The Balaban J connectivity index is 2.73. The normalized spacial score (nSPS) is 15.9. The standard InChI is InChI=1S/C12H16O/c1-3-7-12(13)10(2)11-8-5-4-6-9-11/h3-10,12-13H,1-2H3/b7-3+. The molecule has 0 bridgehead atoms. The van der Waals surface area contributed by atoms with Gasteiger partial charge in [0, 0.05) is 5.92 Å². The van der Waals surface area contributed by atoms with E-state index in [1.54, 1.807) is 0 Å². The van der Waals surface area contributed by atoms with Crippen molar-refractivity contribution in [2.45, 2.75) is 25.9 Å². The smallest absolute Gasteiger partial charge is 0.0786 e. The van der Waals surface area contributed by atoms with Crippen molar-refractivity contribution < 1.29 is 5.11 Å². The van der Waals surface area contributed by atoms with Crippen LogP contribution in [0.15, 0.2) is 42.5 Å². The fraction of sp³-hybridized carbons (Fsp3) is 0.333. The second-order valence-electron chi connectivity index (χ2n) is 3.22. The number of hydrogen-bond donors (Lipinski definition) is 1. The Bertz CT molecular complexity index is 264. The van der Waals surface area contributed by atoms with Crippen LogP contribution < -0.4 is 0 Å². The monoisotopic (exact) mass is 176 g/mol. The van der Waals surface area contributed by atoms with E-state index in [1.165, 1.54) is 5.56 Å². The largest absolute Gasteiger partial charge is 0.388 e. The summed E-state index contributed by atoms with van der Waals surface area (Å²) < 4.78 is 0. The third-order valence-electron chi connectivity index (χ3n) is 2.23. The zero-order valence-corrected chi connectivity index (χ0v) is 8.14. The summed E-state index contributed by atoms with van der Waals surface area (Å²) in [6.07, 6.45) is 3.31. The molecule has 0 aliphatic heterocycles. The molecule has 2 unspecified atom stereocenters. The summed E-state index contributed by atoms with van der Waals surface area (Å²) in [5, 5.41) is 9.68. The van der Waals surface area contributed by atoms with Crippen molar-refractivity contribution in [2.75, 3.05) is 0 Å². The average Bonchev–Trinajstić information content (AvgIpc) is 2.18. The van der Waals surface area contributed by atoms with E-state index < -0.39 is 0 Å². The quantitative estimate of drug-likeness (QED) is 0.702. The highest BCUT2D eigenvalue weighted by Crippen LogP contribution is 2.19. The molecule has 1 nitrogen and oxygen atoms in total. The van der Waals surface area contributed by atoms with Gasteiger partial charge in [-0.15, -0.1) is 0 Å². The Hall–Kier alpha value is -1.08. The van der Waals surface area contributed by atoms with Gasteiger partial charge in [-0.3, -0.25) is 0 Å². The van der Waals surface area contributed by atoms with Gasteiger partial charge in [-0.05, 0) is 12.5 Å². The van der Waals surface area contributed by atoms with Crippen molar-refractivity contribution >= 4 is 0 Å². The molecule has 0 aliphatic carbocycles. The summed E-state index contributed by atoms with van der Waals surface area (Å²) in [4.78, 5) is 0. The molecular formula is C12H16O. The topological polar surface area (TPSA) is 20.2 Å². The van der Waals surface area contributed by atoms with E-state index in [0.29, 0.717) is 0 Å². The maximum Gasteiger partial charge on any atom is 0.0786 e. The van der Waals surface area contributed by atoms with Gasteiger partial charge >= 0.3 is 0 Å². The highest BCUT2D eigenvalue weighted by Gasteiger charge is 2.11. The number of aliphatic hydroxyl groups is 1. The summed E-state index contributed by atoms with van der Waals surface area (Å²) in [5.41, 5.74) is 1.17. The first kappa shape index (κ1) is 10.0. The van der Waals surface area contributed by atoms with E-state index in [-0.39, 0.29) is 12.0 Å². The molecular weight excluding hydrogens is 160 g/mol. The maximum absolute atomic E-state index is 9.68. The predicted octanol–water partition coefficient (Wildman–Crippen LogP) is 2.73. The fourth-order valence-corrected chi connectivity index (χ4v) is 1.32. The molecule has 70 valence electrons. The lowest BCUT2D eigenvalue weighted by molar-refractivity contribution is 0.197. The number of aliphatic hydroxyl groups excluding tert-OH is 1. The minimum absolute atomic E-state index is 0.164. The van der Waals surface area contributed by atoms with E-state index in [1.807, 2.05) is 56.3 Å². The lowest BCUT2D eigenvalue weighted by atomic mass is 9.95. The Labute approximate surface area is 79.7 Å². The van der Waals surface area contributed by atoms with Crippen molar-refractivity contribution in [3.63, 3.8) is 0 Å². The van der Waals surface area contributed by atoms with Gasteiger partial charge in [-0.2, -0.15) is 0 Å². The van der Waals surface area contributed by atoms with E-state index in [9.17, 15) is 5.11 Å². The molecule has 0 spiro atoms. The summed E-state index contributed by atoms with van der Waals surface area (Å²) >= 11 is 0. The first-order valence-corrected chi connectivity index (χ1v) is 4.61. The molecule has 0 amide bonds. The number of benzene rings is 1. The molecule has 2 atom stereocenters. The summed E-state index contributed by atoms with van der Waals surface area (Å²) in [7, 11) is 0. The van der Waals surface area contributed by atoms with Crippen LogP contribution in [0.25, 0.3) is 0 Å². The fourth-order valence-electron chi connectivity index (χ4n) is 1.32. The van der Waals surface area contributed by atoms with Gasteiger partial charge in [0.2, 0.25) is 0 Å². The van der Waals surface area contributed by atoms with Crippen LogP contribution in [0, 0.1) is 0 Å². The van der Waals surface area contributed by atoms with Crippen LogP contribution in [0.3, 0.4) is 0 Å². The van der Waals surface area contributed by atoms with E-state index in [4.69, 9.17) is 0 Å². The third-order valence-corrected chi connectivity index (χ3v) is 2.23. The van der Waals surface area contributed by atoms with Crippen molar-refractivity contribution in [1.82, 2.24) is 0 Å². The van der Waals surface area contributed by atoms with Crippen molar-refractivity contribution in [3.8, 4) is 0 Å². The summed E-state index contributed by atoms with van der Waals surface area (Å²) in [6.45, 7) is 3.95. The lowest BCUT2D eigenvalue weighted by Gasteiger charge is -2.15. The van der Waals surface area contributed by atoms with Crippen LogP contribution >= 0.6 is 0 Å². The van der Waals surface area contributed by atoms with Gasteiger partial charge < -0.3 is 5.11 Å². The Morgan fingerprint density at radius 3 is 2.38 bits per heavy atom. The molecule has 1 aromatic carbocycles. The number of allylic oxidation sites excluding steroid dienone is 1. The van der Waals surface area contributed by atoms with Crippen molar-refractivity contribution in [1.29, 1.82) is 0 Å².